The maximum atomic E-state index is 12.2. The summed E-state index contributed by atoms with van der Waals surface area (Å²) >= 11 is 0. The molecule has 2 rings (SSSR count). The largest absolute Gasteiger partial charge is 0.573 e. The highest BCUT2D eigenvalue weighted by molar-refractivity contribution is 5.89. The lowest BCUT2D eigenvalue weighted by Crippen LogP contribution is -2.24. The van der Waals surface area contributed by atoms with Crippen molar-refractivity contribution in [1.29, 1.82) is 5.26 Å². The van der Waals surface area contributed by atoms with Crippen molar-refractivity contribution in [2.75, 3.05) is 0 Å². The number of hydrogen-bond donors (Lipinski definition) is 0. The Bertz CT molecular complexity index is 725. The van der Waals surface area contributed by atoms with Crippen LogP contribution in [0.25, 0.3) is 0 Å². The van der Waals surface area contributed by atoms with Gasteiger partial charge in [0.1, 0.15) is 11.9 Å². The highest BCUT2D eigenvalue weighted by Gasteiger charge is 2.31. The zero-order valence-corrected chi connectivity index (χ0v) is 15.3. The van der Waals surface area contributed by atoms with Crippen LogP contribution in [0, 0.1) is 17.2 Å². The van der Waals surface area contributed by atoms with Crippen LogP contribution in [0.3, 0.4) is 0 Å². The van der Waals surface area contributed by atoms with Gasteiger partial charge in [-0.25, -0.2) is 4.79 Å². The molecule has 0 amide bonds. The lowest BCUT2D eigenvalue weighted by molar-refractivity contribution is -0.274. The van der Waals surface area contributed by atoms with Crippen LogP contribution in [0.4, 0.5) is 13.2 Å². The topological polar surface area (TPSA) is 59.3 Å². The molecule has 0 N–H and O–H groups in total. The first-order valence-corrected chi connectivity index (χ1v) is 9.15. The van der Waals surface area contributed by atoms with Crippen LogP contribution in [-0.4, -0.2) is 18.4 Å². The molecule has 1 aromatic rings. The van der Waals surface area contributed by atoms with Gasteiger partial charge in [-0.05, 0) is 68.7 Å². The van der Waals surface area contributed by atoms with Gasteiger partial charge in [-0.3, -0.25) is 0 Å². The molecule has 0 aliphatic heterocycles. The van der Waals surface area contributed by atoms with Crippen LogP contribution in [0.1, 0.15) is 48.9 Å². The van der Waals surface area contributed by atoms with Gasteiger partial charge in [-0.2, -0.15) is 5.26 Å². The monoisotopic (exact) mass is 393 g/mol. The third-order valence-corrected chi connectivity index (χ3v) is 4.55. The first-order valence-electron chi connectivity index (χ1n) is 9.15. The van der Waals surface area contributed by atoms with E-state index in [1.54, 1.807) is 6.08 Å². The van der Waals surface area contributed by atoms with E-state index in [-0.39, 0.29) is 17.4 Å². The maximum Gasteiger partial charge on any atom is 0.573 e. The Hall–Kier alpha value is -2.75. The third-order valence-electron chi connectivity index (χ3n) is 4.55. The van der Waals surface area contributed by atoms with E-state index in [1.807, 2.05) is 18.2 Å². The summed E-state index contributed by atoms with van der Waals surface area (Å²) in [6.45, 7) is 0. The molecule has 0 unspecified atom stereocenters. The Kier molecular flexibility index (Phi) is 8.12. The predicted octanol–water partition coefficient (Wildman–Crippen LogP) is 5.72. The molecule has 1 fully saturated rings. The summed E-state index contributed by atoms with van der Waals surface area (Å²) in [6.07, 6.45) is 7.60. The fourth-order valence-electron chi connectivity index (χ4n) is 3.16. The number of esters is 1. The molecule has 0 bridgehead atoms. The van der Waals surface area contributed by atoms with Crippen LogP contribution in [0.5, 0.6) is 5.75 Å². The summed E-state index contributed by atoms with van der Waals surface area (Å²) in [5.74, 6) is -0.325. The van der Waals surface area contributed by atoms with E-state index in [4.69, 9.17) is 10.00 Å². The Morgan fingerprint density at radius 2 is 1.82 bits per heavy atom. The first kappa shape index (κ1) is 21.5. The highest BCUT2D eigenvalue weighted by Crippen LogP contribution is 2.30. The number of ether oxygens (including phenoxy) is 2. The fourth-order valence-corrected chi connectivity index (χ4v) is 3.16. The number of allylic oxidation sites excluding steroid dienone is 4. The Morgan fingerprint density at radius 1 is 1.14 bits per heavy atom. The van der Waals surface area contributed by atoms with Gasteiger partial charge in [0.25, 0.3) is 0 Å². The molecule has 1 saturated carbocycles. The number of alkyl halides is 3. The number of nitrogens with zero attached hydrogens (tertiary/aromatic N) is 1. The summed E-state index contributed by atoms with van der Waals surface area (Å²) in [5.41, 5.74) is 0.201. The molecule has 1 aliphatic carbocycles. The summed E-state index contributed by atoms with van der Waals surface area (Å²) in [4.78, 5) is 12.2. The number of hydrogen-bond acceptors (Lipinski definition) is 4. The molecule has 7 heteroatoms. The summed E-state index contributed by atoms with van der Waals surface area (Å²) in [7, 11) is 0. The molecule has 0 heterocycles. The van der Waals surface area contributed by atoms with Crippen molar-refractivity contribution >= 4 is 5.97 Å². The number of carbonyl (C=O) groups excluding carboxylic acids is 1. The second-order valence-electron chi connectivity index (χ2n) is 6.61. The second kappa shape index (κ2) is 10.5. The molecule has 0 radical (unpaired) electrons. The van der Waals surface area contributed by atoms with Crippen LogP contribution in [0.2, 0.25) is 0 Å². The van der Waals surface area contributed by atoms with Gasteiger partial charge in [-0.15, -0.1) is 13.2 Å². The van der Waals surface area contributed by atoms with Crippen molar-refractivity contribution in [1.82, 2.24) is 0 Å². The average Bonchev–Trinajstić information content (AvgIpc) is 2.65. The van der Waals surface area contributed by atoms with Crippen molar-refractivity contribution in [3.8, 4) is 11.8 Å². The van der Waals surface area contributed by atoms with Crippen LogP contribution < -0.4 is 4.74 Å². The Labute approximate surface area is 162 Å². The number of nitriles is 1. The molecule has 0 saturated heterocycles. The molecule has 150 valence electrons. The Morgan fingerprint density at radius 3 is 2.43 bits per heavy atom. The minimum Gasteiger partial charge on any atom is -0.459 e. The molecular formula is C21H22F3NO3. The number of halogens is 3. The minimum atomic E-state index is -4.76. The summed E-state index contributed by atoms with van der Waals surface area (Å²) < 4.78 is 45.7. The first-order chi connectivity index (χ1) is 13.4. The number of rotatable bonds is 7. The molecular weight excluding hydrogens is 371 g/mol. The van der Waals surface area contributed by atoms with Crippen molar-refractivity contribution in [3.63, 3.8) is 0 Å². The van der Waals surface area contributed by atoms with E-state index >= 15 is 0 Å². The van der Waals surface area contributed by atoms with Crippen LogP contribution >= 0.6 is 0 Å². The van der Waals surface area contributed by atoms with Crippen LogP contribution in [0.15, 0.2) is 48.6 Å². The lowest BCUT2D eigenvalue weighted by Gasteiger charge is -2.28. The van der Waals surface area contributed by atoms with E-state index in [1.165, 1.54) is 18.2 Å². The summed E-state index contributed by atoms with van der Waals surface area (Å²) in [5, 5.41) is 8.39. The fraction of sp³-hybridized carbons (Fsp3) is 0.429. The average molecular weight is 393 g/mol. The smallest absolute Gasteiger partial charge is 0.459 e. The summed E-state index contributed by atoms with van der Waals surface area (Å²) in [6, 6.07) is 6.65. The molecule has 4 nitrogen and oxygen atoms in total. The highest BCUT2D eigenvalue weighted by atomic mass is 19.4. The standard InChI is InChI=1S/C21H22F3NO3/c22-21(23,24)28-19-13-9-17(10-14-19)20(26)27-18-11-7-16(8-12-18)6-4-2-1-3-5-15-25/h1-3,5,9-10,13-14,16,18H,4,6-8,11-12H2/b2-1+,5-3+/t16-,18-. The SMILES string of the molecule is N#C/C=C/C=C/CC[C@H]1CC[C@H](OC(=O)c2ccc(OC(F)(F)F)cc2)CC1. The van der Waals surface area contributed by atoms with E-state index in [9.17, 15) is 18.0 Å². The Balaban J connectivity index is 1.72. The second-order valence-corrected chi connectivity index (χ2v) is 6.61. The normalized spacial score (nSPS) is 20.2. The molecule has 28 heavy (non-hydrogen) atoms. The minimum absolute atomic E-state index is 0.163. The zero-order chi connectivity index (χ0) is 20.4. The van der Waals surface area contributed by atoms with Crippen LogP contribution in [-0.2, 0) is 4.74 Å². The lowest BCUT2D eigenvalue weighted by atomic mass is 9.84. The van der Waals surface area contributed by atoms with Gasteiger partial charge >= 0.3 is 12.3 Å². The van der Waals surface area contributed by atoms with Gasteiger partial charge in [0, 0.05) is 6.08 Å². The van der Waals surface area contributed by atoms with Gasteiger partial charge < -0.3 is 9.47 Å². The van der Waals surface area contributed by atoms with E-state index < -0.39 is 12.3 Å². The van der Waals surface area contributed by atoms with E-state index in [2.05, 4.69) is 4.74 Å². The predicted molar refractivity (Wildman–Crippen MR) is 97.4 cm³/mol. The number of carbonyl (C=O) groups is 1. The van der Waals surface area contributed by atoms with E-state index in [0.29, 0.717) is 5.92 Å². The molecule has 1 aromatic carbocycles. The quantitative estimate of drug-likeness (QED) is 0.338. The van der Waals surface area contributed by atoms with Gasteiger partial charge in [0.15, 0.2) is 0 Å². The van der Waals surface area contributed by atoms with Crippen molar-refractivity contribution < 1.29 is 27.4 Å². The zero-order valence-electron chi connectivity index (χ0n) is 15.3. The molecule has 0 spiro atoms. The molecule has 0 aromatic heterocycles. The number of benzene rings is 1. The van der Waals surface area contributed by atoms with Gasteiger partial charge in [0.05, 0.1) is 11.6 Å². The molecule has 0 atom stereocenters. The maximum absolute atomic E-state index is 12.2. The van der Waals surface area contributed by atoms with Crippen molar-refractivity contribution in [2.24, 2.45) is 5.92 Å². The third kappa shape index (κ3) is 7.87. The van der Waals surface area contributed by atoms with Crippen molar-refractivity contribution in [2.45, 2.75) is 51.0 Å². The van der Waals surface area contributed by atoms with Gasteiger partial charge in [-0.1, -0.05) is 18.2 Å². The van der Waals surface area contributed by atoms with E-state index in [0.717, 1.165) is 50.7 Å². The van der Waals surface area contributed by atoms with Crippen molar-refractivity contribution in [3.05, 3.63) is 54.1 Å². The van der Waals surface area contributed by atoms with Gasteiger partial charge in [0.2, 0.25) is 0 Å². The molecule has 1 aliphatic rings.